The van der Waals surface area contributed by atoms with E-state index in [2.05, 4.69) is 11.0 Å². The lowest BCUT2D eigenvalue weighted by Gasteiger charge is -1.79. The standard InChI is InChI=1S/C6H7NS.ClH/c1-2-3-6-4-5-8-7-6;/h2,4-5H,1,3H2;1H. The molecule has 0 aliphatic rings. The van der Waals surface area contributed by atoms with E-state index in [1.807, 2.05) is 17.5 Å². The average Bonchev–Trinajstić information content (AvgIpc) is 2.19. The van der Waals surface area contributed by atoms with E-state index in [-0.39, 0.29) is 12.4 Å². The van der Waals surface area contributed by atoms with Crippen molar-refractivity contribution in [1.82, 2.24) is 4.37 Å². The molecule has 0 bridgehead atoms. The van der Waals surface area contributed by atoms with Crippen molar-refractivity contribution in [1.29, 1.82) is 0 Å². The van der Waals surface area contributed by atoms with Gasteiger partial charge < -0.3 is 0 Å². The van der Waals surface area contributed by atoms with Crippen molar-refractivity contribution in [3.63, 3.8) is 0 Å². The highest BCUT2D eigenvalue weighted by molar-refractivity contribution is 7.03. The first-order chi connectivity index (χ1) is 3.93. The van der Waals surface area contributed by atoms with Gasteiger partial charge in [0.2, 0.25) is 0 Å². The lowest BCUT2D eigenvalue weighted by atomic mass is 10.3. The van der Waals surface area contributed by atoms with E-state index in [1.165, 1.54) is 11.5 Å². The molecule has 0 saturated heterocycles. The van der Waals surface area contributed by atoms with Crippen molar-refractivity contribution in [2.45, 2.75) is 6.42 Å². The van der Waals surface area contributed by atoms with Crippen molar-refractivity contribution in [2.75, 3.05) is 0 Å². The number of allylic oxidation sites excluding steroid dienone is 1. The normalized spacial score (nSPS) is 8.00. The highest BCUT2D eigenvalue weighted by Gasteiger charge is 1.86. The maximum absolute atomic E-state index is 4.08. The minimum Gasteiger partial charge on any atom is -0.197 e. The quantitative estimate of drug-likeness (QED) is 0.607. The van der Waals surface area contributed by atoms with Crippen LogP contribution in [0.1, 0.15) is 5.69 Å². The molecular weight excluding hydrogens is 154 g/mol. The maximum atomic E-state index is 4.08. The Bertz CT molecular complexity index is 160. The Kier molecular flexibility index (Phi) is 4.36. The molecule has 0 radical (unpaired) electrons. The van der Waals surface area contributed by atoms with Gasteiger partial charge >= 0.3 is 0 Å². The van der Waals surface area contributed by atoms with E-state index in [4.69, 9.17) is 0 Å². The number of halogens is 1. The highest BCUT2D eigenvalue weighted by Crippen LogP contribution is 1.99. The Labute approximate surface area is 65.0 Å². The summed E-state index contributed by atoms with van der Waals surface area (Å²) in [5.74, 6) is 0. The zero-order valence-corrected chi connectivity index (χ0v) is 6.54. The maximum Gasteiger partial charge on any atom is 0.0579 e. The van der Waals surface area contributed by atoms with Gasteiger partial charge in [0.05, 0.1) is 5.69 Å². The summed E-state index contributed by atoms with van der Waals surface area (Å²) in [6, 6.07) is 2.01. The van der Waals surface area contributed by atoms with Crippen LogP contribution in [0.4, 0.5) is 0 Å². The van der Waals surface area contributed by atoms with Crippen LogP contribution in [0.5, 0.6) is 0 Å². The fraction of sp³-hybridized carbons (Fsp3) is 0.167. The Morgan fingerprint density at radius 1 is 1.78 bits per heavy atom. The van der Waals surface area contributed by atoms with Gasteiger partial charge in [-0.15, -0.1) is 19.0 Å². The summed E-state index contributed by atoms with van der Waals surface area (Å²) in [6.07, 6.45) is 2.75. The predicted octanol–water partition coefficient (Wildman–Crippen LogP) is 2.29. The molecule has 0 amide bonds. The summed E-state index contributed by atoms with van der Waals surface area (Å²) in [6.45, 7) is 3.60. The van der Waals surface area contributed by atoms with Gasteiger partial charge in [-0.2, -0.15) is 4.37 Å². The van der Waals surface area contributed by atoms with Crippen LogP contribution in [0, 0.1) is 0 Å². The Morgan fingerprint density at radius 2 is 2.56 bits per heavy atom. The van der Waals surface area contributed by atoms with Crippen LogP contribution in [0.2, 0.25) is 0 Å². The Morgan fingerprint density at radius 3 is 3.00 bits per heavy atom. The zero-order valence-electron chi connectivity index (χ0n) is 4.91. The van der Waals surface area contributed by atoms with Crippen molar-refractivity contribution >= 4 is 23.9 Å². The zero-order chi connectivity index (χ0) is 5.82. The lowest BCUT2D eigenvalue weighted by molar-refractivity contribution is 1.20. The smallest absolute Gasteiger partial charge is 0.0579 e. The van der Waals surface area contributed by atoms with E-state index in [0.717, 1.165) is 12.1 Å². The minimum atomic E-state index is 0. The molecule has 50 valence electrons. The second-order valence-corrected chi connectivity index (χ2v) is 2.15. The van der Waals surface area contributed by atoms with Crippen LogP contribution in [-0.4, -0.2) is 4.37 Å². The number of rotatable bonds is 2. The van der Waals surface area contributed by atoms with E-state index < -0.39 is 0 Å². The fourth-order valence-corrected chi connectivity index (χ4v) is 1.04. The third-order valence-electron chi connectivity index (χ3n) is 0.845. The fourth-order valence-electron chi connectivity index (χ4n) is 0.491. The van der Waals surface area contributed by atoms with Crippen LogP contribution in [0.25, 0.3) is 0 Å². The molecule has 9 heavy (non-hydrogen) atoms. The number of nitrogens with zero attached hydrogens (tertiary/aromatic N) is 1. The molecule has 0 aromatic carbocycles. The van der Waals surface area contributed by atoms with Gasteiger partial charge in [0.1, 0.15) is 0 Å². The highest BCUT2D eigenvalue weighted by atomic mass is 35.5. The van der Waals surface area contributed by atoms with Crippen LogP contribution in [0.15, 0.2) is 24.1 Å². The number of aromatic nitrogens is 1. The number of hydrogen-bond acceptors (Lipinski definition) is 2. The Hall–Kier alpha value is -0.340. The first-order valence-electron chi connectivity index (χ1n) is 2.43. The molecule has 3 heteroatoms. The minimum absolute atomic E-state index is 0. The van der Waals surface area contributed by atoms with Gasteiger partial charge in [-0.1, -0.05) is 6.08 Å². The summed E-state index contributed by atoms with van der Waals surface area (Å²) >= 11 is 1.48. The van der Waals surface area contributed by atoms with Crippen LogP contribution in [0.3, 0.4) is 0 Å². The summed E-state index contributed by atoms with van der Waals surface area (Å²) < 4.78 is 4.08. The monoisotopic (exact) mass is 161 g/mol. The first kappa shape index (κ1) is 8.66. The molecule has 0 spiro atoms. The second-order valence-electron chi connectivity index (χ2n) is 1.48. The van der Waals surface area contributed by atoms with Gasteiger partial charge in [-0.05, 0) is 17.6 Å². The molecule has 0 aliphatic heterocycles. The van der Waals surface area contributed by atoms with E-state index >= 15 is 0 Å². The van der Waals surface area contributed by atoms with Gasteiger partial charge in [-0.3, -0.25) is 0 Å². The van der Waals surface area contributed by atoms with Crippen molar-refractivity contribution in [3.8, 4) is 0 Å². The largest absolute Gasteiger partial charge is 0.197 e. The van der Waals surface area contributed by atoms with Gasteiger partial charge in [0.25, 0.3) is 0 Å². The van der Waals surface area contributed by atoms with Gasteiger partial charge in [0.15, 0.2) is 0 Å². The van der Waals surface area contributed by atoms with E-state index in [1.54, 1.807) is 0 Å². The molecule has 1 aromatic rings. The SMILES string of the molecule is C=CCc1ccsn1.Cl. The molecule has 1 heterocycles. The molecular formula is C6H8ClNS. The molecule has 0 fully saturated rings. The van der Waals surface area contributed by atoms with Crippen LogP contribution >= 0.6 is 23.9 Å². The van der Waals surface area contributed by atoms with Crippen molar-refractivity contribution in [3.05, 3.63) is 29.8 Å². The van der Waals surface area contributed by atoms with Crippen molar-refractivity contribution < 1.29 is 0 Å². The molecule has 1 nitrogen and oxygen atoms in total. The topological polar surface area (TPSA) is 12.9 Å². The average molecular weight is 162 g/mol. The van der Waals surface area contributed by atoms with Gasteiger partial charge in [0, 0.05) is 11.8 Å². The number of hydrogen-bond donors (Lipinski definition) is 0. The summed E-state index contributed by atoms with van der Waals surface area (Å²) in [4.78, 5) is 0. The Balaban J connectivity index is 0.000000640. The third kappa shape index (κ3) is 2.63. The van der Waals surface area contributed by atoms with E-state index in [9.17, 15) is 0 Å². The van der Waals surface area contributed by atoms with Crippen molar-refractivity contribution in [2.24, 2.45) is 0 Å². The summed E-state index contributed by atoms with van der Waals surface area (Å²) in [7, 11) is 0. The first-order valence-corrected chi connectivity index (χ1v) is 3.27. The second kappa shape index (κ2) is 4.53. The molecule has 0 N–H and O–H groups in total. The lowest BCUT2D eigenvalue weighted by Crippen LogP contribution is -1.74. The van der Waals surface area contributed by atoms with E-state index in [0.29, 0.717) is 0 Å². The molecule has 1 rings (SSSR count). The third-order valence-corrected chi connectivity index (χ3v) is 1.44. The summed E-state index contributed by atoms with van der Waals surface area (Å²) in [5, 5.41) is 1.97. The molecule has 0 unspecified atom stereocenters. The summed E-state index contributed by atoms with van der Waals surface area (Å²) in [5.41, 5.74) is 1.12. The molecule has 1 aromatic heterocycles. The molecule has 0 aliphatic carbocycles. The molecule has 0 saturated carbocycles. The molecule has 0 atom stereocenters. The predicted molar refractivity (Wildman–Crippen MR) is 43.3 cm³/mol. The van der Waals surface area contributed by atoms with Crippen LogP contribution < -0.4 is 0 Å². The van der Waals surface area contributed by atoms with Crippen LogP contribution in [-0.2, 0) is 6.42 Å². The van der Waals surface area contributed by atoms with Gasteiger partial charge in [-0.25, -0.2) is 0 Å².